The molecule has 3 rings (SSSR count). The Morgan fingerprint density at radius 2 is 1.68 bits per heavy atom. The van der Waals surface area contributed by atoms with Crippen molar-refractivity contribution in [1.82, 2.24) is 4.90 Å². The first-order valence-corrected chi connectivity index (χ1v) is 9.62. The number of aryl methyl sites for hydroxylation is 1. The second kappa shape index (κ2) is 8.97. The van der Waals surface area contributed by atoms with Crippen LogP contribution in [0.3, 0.4) is 0 Å². The van der Waals surface area contributed by atoms with Gasteiger partial charge in [0, 0.05) is 17.9 Å². The highest BCUT2D eigenvalue weighted by atomic mass is 32.1. The van der Waals surface area contributed by atoms with Gasteiger partial charge in [-0.25, -0.2) is 0 Å². The Morgan fingerprint density at radius 1 is 0.960 bits per heavy atom. The average molecular weight is 354 g/mol. The maximum absolute atomic E-state index is 5.46. The Hall–Kier alpha value is -1.91. The largest absolute Gasteiger partial charge is 0.332 e. The lowest BCUT2D eigenvalue weighted by molar-refractivity contribution is 0.221. The van der Waals surface area contributed by atoms with Crippen LogP contribution in [0.1, 0.15) is 37.3 Å². The first-order valence-electron chi connectivity index (χ1n) is 9.22. The minimum absolute atomic E-state index is 0.629. The van der Waals surface area contributed by atoms with E-state index < -0.39 is 0 Å². The summed E-state index contributed by atoms with van der Waals surface area (Å²) in [4.78, 5) is 2.54. The molecule has 1 aliphatic heterocycles. The quantitative estimate of drug-likeness (QED) is 0.736. The number of piperidine rings is 1. The van der Waals surface area contributed by atoms with Gasteiger partial charge in [-0.3, -0.25) is 4.90 Å². The van der Waals surface area contributed by atoms with Crippen LogP contribution in [0.4, 0.5) is 11.4 Å². The molecule has 0 atom stereocenters. The molecular formula is C21H27N3S. The number of benzene rings is 2. The molecular weight excluding hydrogens is 326 g/mol. The fraction of sp³-hybridized carbons (Fsp3) is 0.381. The summed E-state index contributed by atoms with van der Waals surface area (Å²) in [5.41, 5.74) is 4.73. The van der Waals surface area contributed by atoms with Gasteiger partial charge in [-0.15, -0.1) is 0 Å². The van der Waals surface area contributed by atoms with Crippen molar-refractivity contribution in [2.24, 2.45) is 0 Å². The zero-order valence-electron chi connectivity index (χ0n) is 14.9. The van der Waals surface area contributed by atoms with Crippen molar-refractivity contribution >= 4 is 28.7 Å². The first kappa shape index (κ1) is 17.9. The van der Waals surface area contributed by atoms with Crippen LogP contribution in [0.15, 0.2) is 48.5 Å². The molecule has 2 aromatic rings. The minimum Gasteiger partial charge on any atom is -0.332 e. The van der Waals surface area contributed by atoms with Crippen molar-refractivity contribution in [2.75, 3.05) is 23.7 Å². The van der Waals surface area contributed by atoms with E-state index in [-0.39, 0.29) is 0 Å². The smallest absolute Gasteiger partial charge is 0.175 e. The molecule has 2 aromatic carbocycles. The summed E-state index contributed by atoms with van der Waals surface area (Å²) >= 11 is 5.46. The zero-order chi connectivity index (χ0) is 17.5. The Kier molecular flexibility index (Phi) is 6.42. The summed E-state index contributed by atoms with van der Waals surface area (Å²) in [5.74, 6) is 0. The summed E-state index contributed by atoms with van der Waals surface area (Å²) in [5, 5.41) is 7.21. The fourth-order valence-electron chi connectivity index (χ4n) is 3.30. The second-order valence-electron chi connectivity index (χ2n) is 6.62. The van der Waals surface area contributed by atoms with E-state index in [0.717, 1.165) is 24.3 Å². The standard InChI is InChI=1S/C21H27N3S/c1-2-18-8-4-5-9-20(18)23-21(25)22-19-12-10-17(11-13-19)16-24-14-6-3-7-15-24/h4-5,8-13H,2-3,6-7,14-16H2,1H3,(H2,22,23,25). The van der Waals surface area contributed by atoms with Gasteiger partial charge in [0.1, 0.15) is 0 Å². The van der Waals surface area contributed by atoms with Crippen LogP contribution >= 0.6 is 12.2 Å². The number of likely N-dealkylation sites (tertiary alicyclic amines) is 1. The van der Waals surface area contributed by atoms with Crippen LogP contribution in [0.5, 0.6) is 0 Å². The number of thiocarbonyl (C=S) groups is 1. The van der Waals surface area contributed by atoms with E-state index in [0.29, 0.717) is 5.11 Å². The van der Waals surface area contributed by atoms with Crippen molar-refractivity contribution in [3.63, 3.8) is 0 Å². The van der Waals surface area contributed by atoms with Gasteiger partial charge in [0.05, 0.1) is 0 Å². The summed E-state index contributed by atoms with van der Waals surface area (Å²) in [6.07, 6.45) is 5.03. The van der Waals surface area contributed by atoms with Gasteiger partial charge in [0.15, 0.2) is 5.11 Å². The third kappa shape index (κ3) is 5.28. The highest BCUT2D eigenvalue weighted by Gasteiger charge is 2.10. The van der Waals surface area contributed by atoms with Crippen LogP contribution < -0.4 is 10.6 Å². The van der Waals surface area contributed by atoms with Gasteiger partial charge >= 0.3 is 0 Å². The third-order valence-corrected chi connectivity index (χ3v) is 4.92. The molecule has 0 unspecified atom stereocenters. The minimum atomic E-state index is 0.629. The summed E-state index contributed by atoms with van der Waals surface area (Å²) in [6.45, 7) is 5.65. The fourth-order valence-corrected chi connectivity index (χ4v) is 3.53. The monoisotopic (exact) mass is 353 g/mol. The second-order valence-corrected chi connectivity index (χ2v) is 7.03. The Balaban J connectivity index is 1.54. The van der Waals surface area contributed by atoms with E-state index in [4.69, 9.17) is 12.2 Å². The van der Waals surface area contributed by atoms with Gasteiger partial charge < -0.3 is 10.6 Å². The summed E-state index contributed by atoms with van der Waals surface area (Å²) in [6, 6.07) is 16.9. The number of anilines is 2. The maximum Gasteiger partial charge on any atom is 0.175 e. The van der Waals surface area contributed by atoms with E-state index in [2.05, 4.69) is 64.9 Å². The molecule has 0 saturated carbocycles. The molecule has 25 heavy (non-hydrogen) atoms. The van der Waals surface area contributed by atoms with E-state index in [1.807, 2.05) is 6.07 Å². The molecule has 0 bridgehead atoms. The maximum atomic E-state index is 5.46. The van der Waals surface area contributed by atoms with E-state index in [1.165, 1.54) is 43.5 Å². The lowest BCUT2D eigenvalue weighted by Crippen LogP contribution is -2.29. The van der Waals surface area contributed by atoms with Crippen molar-refractivity contribution < 1.29 is 0 Å². The molecule has 1 heterocycles. The topological polar surface area (TPSA) is 27.3 Å². The van der Waals surface area contributed by atoms with Gasteiger partial charge in [-0.1, -0.05) is 43.7 Å². The van der Waals surface area contributed by atoms with Gasteiger partial charge in [-0.2, -0.15) is 0 Å². The highest BCUT2D eigenvalue weighted by Crippen LogP contribution is 2.18. The SMILES string of the molecule is CCc1ccccc1NC(=S)Nc1ccc(CN2CCCCC2)cc1. The normalized spacial score (nSPS) is 14.9. The summed E-state index contributed by atoms with van der Waals surface area (Å²) < 4.78 is 0. The molecule has 2 N–H and O–H groups in total. The van der Waals surface area contributed by atoms with E-state index in [9.17, 15) is 0 Å². The molecule has 0 aliphatic carbocycles. The van der Waals surface area contributed by atoms with E-state index >= 15 is 0 Å². The van der Waals surface area contributed by atoms with Gasteiger partial charge in [0.2, 0.25) is 0 Å². The van der Waals surface area contributed by atoms with Crippen molar-refractivity contribution in [3.8, 4) is 0 Å². The molecule has 1 aliphatic rings. The van der Waals surface area contributed by atoms with E-state index in [1.54, 1.807) is 0 Å². The lowest BCUT2D eigenvalue weighted by Gasteiger charge is -2.26. The van der Waals surface area contributed by atoms with Crippen molar-refractivity contribution in [3.05, 3.63) is 59.7 Å². The van der Waals surface area contributed by atoms with Crippen molar-refractivity contribution in [2.45, 2.75) is 39.2 Å². The molecule has 0 aromatic heterocycles. The predicted octanol–water partition coefficient (Wildman–Crippen LogP) is 5.04. The Morgan fingerprint density at radius 3 is 2.40 bits per heavy atom. The number of rotatable bonds is 5. The predicted molar refractivity (Wildman–Crippen MR) is 111 cm³/mol. The summed E-state index contributed by atoms with van der Waals surface area (Å²) in [7, 11) is 0. The zero-order valence-corrected chi connectivity index (χ0v) is 15.7. The molecule has 0 amide bonds. The van der Waals surface area contributed by atoms with Crippen LogP contribution in [0.2, 0.25) is 0 Å². The molecule has 1 saturated heterocycles. The first-order chi connectivity index (χ1) is 12.2. The molecule has 4 heteroatoms. The number of hydrogen-bond donors (Lipinski definition) is 2. The average Bonchev–Trinajstić information content (AvgIpc) is 2.64. The van der Waals surface area contributed by atoms with Crippen LogP contribution in [0.25, 0.3) is 0 Å². The lowest BCUT2D eigenvalue weighted by atomic mass is 10.1. The van der Waals surface area contributed by atoms with Gasteiger partial charge in [0.25, 0.3) is 0 Å². The molecule has 1 fully saturated rings. The number of nitrogens with zero attached hydrogens (tertiary/aromatic N) is 1. The number of nitrogens with one attached hydrogen (secondary N) is 2. The highest BCUT2D eigenvalue weighted by molar-refractivity contribution is 7.80. The number of hydrogen-bond acceptors (Lipinski definition) is 2. The molecule has 0 spiro atoms. The van der Waals surface area contributed by atoms with Crippen LogP contribution in [-0.4, -0.2) is 23.1 Å². The third-order valence-electron chi connectivity index (χ3n) is 4.71. The number of para-hydroxylation sites is 1. The van der Waals surface area contributed by atoms with Crippen molar-refractivity contribution in [1.29, 1.82) is 0 Å². The molecule has 132 valence electrons. The molecule has 0 radical (unpaired) electrons. The Labute approximate surface area is 156 Å². The van der Waals surface area contributed by atoms with Crippen LogP contribution in [-0.2, 0) is 13.0 Å². The van der Waals surface area contributed by atoms with Crippen LogP contribution in [0, 0.1) is 0 Å². The van der Waals surface area contributed by atoms with Gasteiger partial charge in [-0.05, 0) is 73.9 Å². The Bertz CT molecular complexity index is 691. The molecule has 3 nitrogen and oxygen atoms in total.